The number of aliphatic carboxylic acids is 1. The number of benzene rings is 1. The second-order valence-electron chi connectivity index (χ2n) is 4.64. The predicted octanol–water partition coefficient (Wildman–Crippen LogP) is 2.62. The van der Waals surface area contributed by atoms with Crippen LogP contribution in [0.15, 0.2) is 24.3 Å². The van der Waals surface area contributed by atoms with Gasteiger partial charge in [-0.05, 0) is 24.1 Å². The van der Waals surface area contributed by atoms with E-state index in [0.717, 1.165) is 12.1 Å². The van der Waals surface area contributed by atoms with Crippen LogP contribution in [0.5, 0.6) is 0 Å². The number of halogens is 3. The van der Waals surface area contributed by atoms with Gasteiger partial charge in [0.1, 0.15) is 0 Å². The number of alkyl halides is 3. The van der Waals surface area contributed by atoms with Gasteiger partial charge >= 0.3 is 12.1 Å². The third kappa shape index (κ3) is 5.85. The molecule has 1 unspecified atom stereocenters. The fourth-order valence-corrected chi connectivity index (χ4v) is 1.78. The number of carbonyl (C=O) groups is 2. The fourth-order valence-electron chi connectivity index (χ4n) is 1.78. The molecule has 1 aromatic rings. The van der Waals surface area contributed by atoms with Crippen molar-refractivity contribution in [3.63, 3.8) is 0 Å². The molecule has 1 atom stereocenters. The van der Waals surface area contributed by atoms with Crippen molar-refractivity contribution < 1.29 is 27.9 Å². The zero-order valence-corrected chi connectivity index (χ0v) is 11.4. The lowest BCUT2D eigenvalue weighted by molar-refractivity contribution is -0.138. The normalized spacial score (nSPS) is 12.8. The second kappa shape index (κ2) is 7.10. The Kier molecular flexibility index (Phi) is 5.75. The Balaban J connectivity index is 2.60. The van der Waals surface area contributed by atoms with Crippen LogP contribution in [0.2, 0.25) is 0 Å². The van der Waals surface area contributed by atoms with Crippen LogP contribution in [-0.4, -0.2) is 23.0 Å². The van der Waals surface area contributed by atoms with E-state index in [-0.39, 0.29) is 12.8 Å². The van der Waals surface area contributed by atoms with E-state index in [1.807, 2.05) is 0 Å². The number of carbonyl (C=O) groups excluding carboxylic acids is 1. The maximum atomic E-state index is 12.4. The lowest BCUT2D eigenvalue weighted by atomic mass is 10.1. The maximum absolute atomic E-state index is 12.4. The number of carboxylic acid groups (broad SMARTS) is 1. The Hall–Kier alpha value is -2.05. The van der Waals surface area contributed by atoms with Crippen molar-refractivity contribution >= 4 is 11.9 Å². The molecule has 0 radical (unpaired) electrons. The molecule has 7 heteroatoms. The summed E-state index contributed by atoms with van der Waals surface area (Å²) in [5.74, 6) is -1.43. The van der Waals surface area contributed by atoms with Gasteiger partial charge < -0.3 is 10.4 Å². The van der Waals surface area contributed by atoms with E-state index in [1.54, 1.807) is 6.92 Å². The van der Waals surface area contributed by atoms with Gasteiger partial charge in [0.05, 0.1) is 18.4 Å². The second-order valence-corrected chi connectivity index (χ2v) is 4.64. The van der Waals surface area contributed by atoms with Gasteiger partial charge in [-0.3, -0.25) is 9.59 Å². The summed E-state index contributed by atoms with van der Waals surface area (Å²) in [4.78, 5) is 22.3. The number of nitrogens with one attached hydrogen (secondary N) is 1. The fraction of sp³-hybridized carbons (Fsp3) is 0.429. The molecule has 1 rings (SSSR count). The van der Waals surface area contributed by atoms with Gasteiger partial charge in [-0.15, -0.1) is 0 Å². The van der Waals surface area contributed by atoms with Crippen molar-refractivity contribution in [2.24, 2.45) is 0 Å². The molecule has 0 saturated heterocycles. The van der Waals surface area contributed by atoms with Crippen LogP contribution in [0.4, 0.5) is 13.2 Å². The zero-order valence-electron chi connectivity index (χ0n) is 11.4. The Morgan fingerprint density at radius 2 is 1.81 bits per heavy atom. The van der Waals surface area contributed by atoms with Gasteiger partial charge in [-0.2, -0.15) is 13.2 Å². The van der Waals surface area contributed by atoms with Crippen LogP contribution in [-0.2, 0) is 22.2 Å². The lowest BCUT2D eigenvalue weighted by Crippen LogP contribution is -2.36. The summed E-state index contributed by atoms with van der Waals surface area (Å²) < 4.78 is 37.2. The van der Waals surface area contributed by atoms with E-state index in [0.29, 0.717) is 12.0 Å². The first-order valence-electron chi connectivity index (χ1n) is 6.39. The molecule has 4 nitrogen and oxygen atoms in total. The van der Waals surface area contributed by atoms with Crippen LogP contribution in [0, 0.1) is 0 Å². The summed E-state index contributed by atoms with van der Waals surface area (Å²) in [5, 5.41) is 11.2. The molecule has 0 aliphatic heterocycles. The quantitative estimate of drug-likeness (QED) is 0.849. The first-order valence-corrected chi connectivity index (χ1v) is 6.39. The lowest BCUT2D eigenvalue weighted by Gasteiger charge is -2.15. The number of amides is 1. The predicted molar refractivity (Wildman–Crippen MR) is 69.6 cm³/mol. The Morgan fingerprint density at radius 3 is 2.24 bits per heavy atom. The standard InChI is InChI=1S/C14H16F3NO3/c1-2-11(8-13(20)21)18-12(19)7-9-3-5-10(6-4-9)14(15,16)17/h3-6,11H,2,7-8H2,1H3,(H,18,19)(H,20,21). The largest absolute Gasteiger partial charge is 0.481 e. The molecule has 0 spiro atoms. The van der Waals surface area contributed by atoms with Crippen LogP contribution in [0.25, 0.3) is 0 Å². The van der Waals surface area contributed by atoms with Crippen LogP contribution in [0.3, 0.4) is 0 Å². The van der Waals surface area contributed by atoms with Crippen LogP contribution >= 0.6 is 0 Å². The van der Waals surface area contributed by atoms with E-state index in [1.165, 1.54) is 12.1 Å². The molecular weight excluding hydrogens is 287 g/mol. The van der Waals surface area contributed by atoms with Crippen LogP contribution in [0.1, 0.15) is 30.9 Å². The van der Waals surface area contributed by atoms with Crippen molar-refractivity contribution in [1.82, 2.24) is 5.32 Å². The van der Waals surface area contributed by atoms with Crippen LogP contribution < -0.4 is 5.32 Å². The number of hydrogen-bond donors (Lipinski definition) is 2. The SMILES string of the molecule is CCC(CC(=O)O)NC(=O)Cc1ccc(C(F)(F)F)cc1. The third-order valence-corrected chi connectivity index (χ3v) is 2.92. The van der Waals surface area contributed by atoms with Gasteiger partial charge in [-0.1, -0.05) is 19.1 Å². The minimum absolute atomic E-state index is 0.0890. The molecule has 21 heavy (non-hydrogen) atoms. The molecule has 2 N–H and O–H groups in total. The van der Waals surface area contributed by atoms with Gasteiger partial charge in [-0.25, -0.2) is 0 Å². The molecule has 0 aliphatic carbocycles. The number of rotatable bonds is 6. The summed E-state index contributed by atoms with van der Waals surface area (Å²) in [5.41, 5.74) is -0.338. The highest BCUT2D eigenvalue weighted by molar-refractivity contribution is 5.79. The average Bonchev–Trinajstić information content (AvgIpc) is 2.36. The molecule has 0 fully saturated rings. The van der Waals surface area contributed by atoms with Crippen molar-refractivity contribution in [2.45, 2.75) is 38.4 Å². The highest BCUT2D eigenvalue weighted by atomic mass is 19.4. The van der Waals surface area contributed by atoms with E-state index >= 15 is 0 Å². The monoisotopic (exact) mass is 303 g/mol. The summed E-state index contributed by atoms with van der Waals surface area (Å²) >= 11 is 0. The Labute approximate surface area is 120 Å². The molecule has 0 bridgehead atoms. The highest BCUT2D eigenvalue weighted by Crippen LogP contribution is 2.29. The molecule has 0 aliphatic rings. The Morgan fingerprint density at radius 1 is 1.24 bits per heavy atom. The van der Waals surface area contributed by atoms with Crippen molar-refractivity contribution in [3.05, 3.63) is 35.4 Å². The van der Waals surface area contributed by atoms with Gasteiger partial charge in [0.15, 0.2) is 0 Å². The minimum Gasteiger partial charge on any atom is -0.481 e. The van der Waals surface area contributed by atoms with E-state index < -0.39 is 29.7 Å². The highest BCUT2D eigenvalue weighted by Gasteiger charge is 2.30. The first-order chi connectivity index (χ1) is 9.72. The molecule has 1 aromatic carbocycles. The minimum atomic E-state index is -4.41. The topological polar surface area (TPSA) is 66.4 Å². The summed E-state index contributed by atoms with van der Waals surface area (Å²) in [6.07, 6.45) is -4.22. The van der Waals surface area contributed by atoms with Crippen molar-refractivity contribution in [1.29, 1.82) is 0 Å². The van der Waals surface area contributed by atoms with Gasteiger partial charge in [0.2, 0.25) is 5.91 Å². The van der Waals surface area contributed by atoms with E-state index in [2.05, 4.69) is 5.32 Å². The van der Waals surface area contributed by atoms with E-state index in [4.69, 9.17) is 5.11 Å². The maximum Gasteiger partial charge on any atom is 0.416 e. The molecule has 116 valence electrons. The molecule has 1 amide bonds. The molecule has 0 heterocycles. The van der Waals surface area contributed by atoms with E-state index in [9.17, 15) is 22.8 Å². The third-order valence-electron chi connectivity index (χ3n) is 2.92. The van der Waals surface area contributed by atoms with Crippen molar-refractivity contribution in [3.8, 4) is 0 Å². The Bertz CT molecular complexity index is 497. The first kappa shape index (κ1) is 17.0. The smallest absolute Gasteiger partial charge is 0.416 e. The summed E-state index contributed by atoms with van der Waals surface area (Å²) in [7, 11) is 0. The number of carboxylic acids is 1. The molecular formula is C14H16F3NO3. The molecule has 0 saturated carbocycles. The van der Waals surface area contributed by atoms with Gasteiger partial charge in [0, 0.05) is 6.04 Å². The van der Waals surface area contributed by atoms with Gasteiger partial charge in [0.25, 0.3) is 0 Å². The molecule has 0 aromatic heterocycles. The summed E-state index contributed by atoms with van der Waals surface area (Å²) in [6, 6.07) is 3.82. The number of hydrogen-bond acceptors (Lipinski definition) is 2. The van der Waals surface area contributed by atoms with Crippen molar-refractivity contribution in [2.75, 3.05) is 0 Å². The summed E-state index contributed by atoms with van der Waals surface area (Å²) in [6.45, 7) is 1.74. The average molecular weight is 303 g/mol. The zero-order chi connectivity index (χ0) is 16.0.